The van der Waals surface area contributed by atoms with Crippen LogP contribution in [-0.2, 0) is 9.53 Å². The van der Waals surface area contributed by atoms with Crippen LogP contribution in [0.2, 0.25) is 0 Å². The summed E-state index contributed by atoms with van der Waals surface area (Å²) in [7, 11) is 1.66. The van der Waals surface area contributed by atoms with E-state index in [1.807, 2.05) is 24.3 Å². The van der Waals surface area contributed by atoms with Gasteiger partial charge in [-0.25, -0.2) is 0 Å². The molecule has 0 heterocycles. The number of nitrogens with two attached hydrogens (primary N) is 1. The van der Waals surface area contributed by atoms with Gasteiger partial charge in [0.1, 0.15) is 5.75 Å². The molecule has 0 unspecified atom stereocenters. The van der Waals surface area contributed by atoms with Crippen LogP contribution in [0.1, 0.15) is 19.3 Å². The molecular formula is C14H22N2O3. The van der Waals surface area contributed by atoms with E-state index < -0.39 is 0 Å². The van der Waals surface area contributed by atoms with Crippen LogP contribution in [-0.4, -0.2) is 32.8 Å². The number of ether oxygens (including phenoxy) is 2. The highest BCUT2D eigenvalue weighted by atomic mass is 16.5. The summed E-state index contributed by atoms with van der Waals surface area (Å²) in [6, 6.07) is 7.40. The van der Waals surface area contributed by atoms with E-state index in [1.54, 1.807) is 7.11 Å². The van der Waals surface area contributed by atoms with Crippen molar-refractivity contribution < 1.29 is 14.3 Å². The Bertz CT molecular complexity index is 383. The maximum atomic E-state index is 11.7. The predicted molar refractivity (Wildman–Crippen MR) is 75.3 cm³/mol. The van der Waals surface area contributed by atoms with Crippen LogP contribution in [0, 0.1) is 0 Å². The Kier molecular flexibility index (Phi) is 7.62. The third-order valence-corrected chi connectivity index (χ3v) is 2.52. The van der Waals surface area contributed by atoms with E-state index in [4.69, 9.17) is 15.2 Å². The quantitative estimate of drug-likeness (QED) is 0.668. The maximum absolute atomic E-state index is 11.7. The third-order valence-electron chi connectivity index (χ3n) is 2.52. The van der Waals surface area contributed by atoms with Crippen LogP contribution in [0.15, 0.2) is 24.3 Å². The highest BCUT2D eigenvalue weighted by Gasteiger charge is 2.06. The summed E-state index contributed by atoms with van der Waals surface area (Å²) < 4.78 is 10.6. The van der Waals surface area contributed by atoms with E-state index in [2.05, 4.69) is 5.32 Å². The first-order valence-corrected chi connectivity index (χ1v) is 6.48. The lowest BCUT2D eigenvalue weighted by Gasteiger charge is -2.12. The molecule has 0 aliphatic rings. The summed E-state index contributed by atoms with van der Waals surface area (Å²) in [5, 5.41) is 2.84. The second-order valence-corrected chi connectivity index (χ2v) is 4.13. The van der Waals surface area contributed by atoms with Gasteiger partial charge in [0.05, 0.1) is 12.3 Å². The lowest BCUT2D eigenvalue weighted by molar-refractivity contribution is -0.116. The van der Waals surface area contributed by atoms with E-state index in [-0.39, 0.29) is 5.91 Å². The Morgan fingerprint density at radius 1 is 1.26 bits per heavy atom. The smallest absolute Gasteiger partial charge is 0.224 e. The Balaban J connectivity index is 2.50. The van der Waals surface area contributed by atoms with Crippen molar-refractivity contribution in [3.63, 3.8) is 0 Å². The topological polar surface area (TPSA) is 73.6 Å². The van der Waals surface area contributed by atoms with Crippen LogP contribution in [0.4, 0.5) is 5.69 Å². The largest absolute Gasteiger partial charge is 0.491 e. The maximum Gasteiger partial charge on any atom is 0.224 e. The van der Waals surface area contributed by atoms with Crippen molar-refractivity contribution in [1.82, 2.24) is 0 Å². The molecule has 0 aliphatic carbocycles. The van der Waals surface area contributed by atoms with Crippen molar-refractivity contribution in [1.29, 1.82) is 0 Å². The van der Waals surface area contributed by atoms with Gasteiger partial charge in [-0.05, 0) is 25.1 Å². The van der Waals surface area contributed by atoms with E-state index in [0.717, 1.165) is 6.42 Å². The Hall–Kier alpha value is -1.59. The molecule has 0 aliphatic heterocycles. The van der Waals surface area contributed by atoms with Gasteiger partial charge in [0.2, 0.25) is 5.91 Å². The van der Waals surface area contributed by atoms with Crippen molar-refractivity contribution in [2.24, 2.45) is 5.73 Å². The number of methoxy groups -OCH3 is 1. The van der Waals surface area contributed by atoms with Gasteiger partial charge in [0, 0.05) is 26.6 Å². The zero-order valence-corrected chi connectivity index (χ0v) is 11.4. The Morgan fingerprint density at radius 3 is 2.79 bits per heavy atom. The fraction of sp³-hybridized carbons (Fsp3) is 0.500. The predicted octanol–water partition coefficient (Wildman–Crippen LogP) is 1.78. The normalized spacial score (nSPS) is 10.2. The average molecular weight is 266 g/mol. The second kappa shape index (κ2) is 9.35. The van der Waals surface area contributed by atoms with Gasteiger partial charge in [0.15, 0.2) is 0 Å². The molecule has 5 heteroatoms. The number of rotatable bonds is 9. The van der Waals surface area contributed by atoms with E-state index in [1.165, 1.54) is 0 Å². The zero-order valence-electron chi connectivity index (χ0n) is 11.4. The van der Waals surface area contributed by atoms with Gasteiger partial charge in [-0.1, -0.05) is 12.1 Å². The van der Waals surface area contributed by atoms with Gasteiger partial charge < -0.3 is 20.5 Å². The minimum absolute atomic E-state index is 0.0432. The number of anilines is 1. The van der Waals surface area contributed by atoms with Gasteiger partial charge in [-0.3, -0.25) is 4.79 Å². The molecule has 0 radical (unpaired) electrons. The number of para-hydroxylation sites is 2. The molecule has 1 aromatic rings. The molecule has 0 fully saturated rings. The SMILES string of the molecule is COCCCOc1ccccc1NC(=O)CCCN. The molecule has 0 saturated carbocycles. The number of hydrogen-bond acceptors (Lipinski definition) is 4. The lowest BCUT2D eigenvalue weighted by Crippen LogP contribution is -2.14. The standard InChI is InChI=1S/C14H22N2O3/c1-18-10-5-11-19-13-7-3-2-6-12(13)16-14(17)8-4-9-15/h2-3,6-7H,4-5,8-11,15H2,1H3,(H,16,17). The van der Waals surface area contributed by atoms with Crippen LogP contribution in [0.5, 0.6) is 5.75 Å². The van der Waals surface area contributed by atoms with Crippen LogP contribution < -0.4 is 15.8 Å². The summed E-state index contributed by atoms with van der Waals surface area (Å²) in [6.07, 6.45) is 1.92. The van der Waals surface area contributed by atoms with Crippen molar-refractivity contribution in [2.75, 3.05) is 32.2 Å². The lowest BCUT2D eigenvalue weighted by atomic mass is 10.2. The van der Waals surface area contributed by atoms with Crippen molar-refractivity contribution in [3.8, 4) is 5.75 Å². The van der Waals surface area contributed by atoms with Crippen molar-refractivity contribution in [3.05, 3.63) is 24.3 Å². The molecule has 19 heavy (non-hydrogen) atoms. The first-order valence-electron chi connectivity index (χ1n) is 6.48. The highest BCUT2D eigenvalue weighted by molar-refractivity contribution is 5.92. The number of amides is 1. The molecule has 1 rings (SSSR count). The fourth-order valence-electron chi connectivity index (χ4n) is 1.56. The number of hydrogen-bond donors (Lipinski definition) is 2. The molecule has 0 spiro atoms. The third kappa shape index (κ3) is 6.22. The molecule has 5 nitrogen and oxygen atoms in total. The second-order valence-electron chi connectivity index (χ2n) is 4.13. The Labute approximate surface area is 114 Å². The molecule has 106 valence electrons. The van der Waals surface area contributed by atoms with Gasteiger partial charge >= 0.3 is 0 Å². The monoisotopic (exact) mass is 266 g/mol. The minimum atomic E-state index is -0.0432. The van der Waals surface area contributed by atoms with E-state index in [0.29, 0.717) is 44.0 Å². The van der Waals surface area contributed by atoms with E-state index in [9.17, 15) is 4.79 Å². The summed E-state index contributed by atoms with van der Waals surface area (Å²) in [5.74, 6) is 0.637. The van der Waals surface area contributed by atoms with Crippen molar-refractivity contribution >= 4 is 11.6 Å². The number of nitrogens with one attached hydrogen (secondary N) is 1. The molecule has 0 atom stereocenters. The zero-order chi connectivity index (χ0) is 13.9. The van der Waals surface area contributed by atoms with Crippen LogP contribution >= 0.6 is 0 Å². The summed E-state index contributed by atoms with van der Waals surface area (Å²) in [6.45, 7) is 1.73. The van der Waals surface area contributed by atoms with Gasteiger partial charge in [-0.2, -0.15) is 0 Å². The fourth-order valence-corrected chi connectivity index (χ4v) is 1.56. The molecule has 0 bridgehead atoms. The first-order chi connectivity index (χ1) is 9.27. The van der Waals surface area contributed by atoms with Gasteiger partial charge in [-0.15, -0.1) is 0 Å². The van der Waals surface area contributed by atoms with Crippen LogP contribution in [0.25, 0.3) is 0 Å². The van der Waals surface area contributed by atoms with Gasteiger partial charge in [0.25, 0.3) is 0 Å². The summed E-state index contributed by atoms with van der Waals surface area (Å²) >= 11 is 0. The molecular weight excluding hydrogens is 244 g/mol. The minimum Gasteiger partial charge on any atom is -0.491 e. The molecule has 3 N–H and O–H groups in total. The average Bonchev–Trinajstić information content (AvgIpc) is 2.43. The summed E-state index contributed by atoms with van der Waals surface area (Å²) in [5.41, 5.74) is 6.07. The molecule has 0 aromatic heterocycles. The van der Waals surface area contributed by atoms with Crippen LogP contribution in [0.3, 0.4) is 0 Å². The highest BCUT2D eigenvalue weighted by Crippen LogP contribution is 2.24. The number of carbonyl (C=O) groups is 1. The summed E-state index contributed by atoms with van der Waals surface area (Å²) in [4.78, 5) is 11.7. The number of benzene rings is 1. The van der Waals surface area contributed by atoms with Crippen molar-refractivity contribution in [2.45, 2.75) is 19.3 Å². The first kappa shape index (κ1) is 15.5. The molecule has 1 amide bonds. The molecule has 0 saturated heterocycles. The molecule has 1 aromatic carbocycles. The Morgan fingerprint density at radius 2 is 2.05 bits per heavy atom. The van der Waals surface area contributed by atoms with E-state index >= 15 is 0 Å². The number of carbonyl (C=O) groups excluding carboxylic acids is 1.